The molecule has 1 saturated heterocycles. The van der Waals surface area contributed by atoms with Crippen LogP contribution < -0.4 is 0 Å². The highest BCUT2D eigenvalue weighted by Crippen LogP contribution is 2.63. The van der Waals surface area contributed by atoms with E-state index < -0.39 is 23.6 Å². The molecule has 4 aliphatic carbocycles. The van der Waals surface area contributed by atoms with Crippen LogP contribution in [0.4, 0.5) is 13.6 Å². The highest BCUT2D eigenvalue weighted by molar-refractivity contribution is 5.76. The van der Waals surface area contributed by atoms with E-state index in [4.69, 9.17) is 14.2 Å². The Morgan fingerprint density at radius 3 is 2.31 bits per heavy atom. The first-order valence-electron chi connectivity index (χ1n) is 10.7. The van der Waals surface area contributed by atoms with Crippen molar-refractivity contribution in [1.29, 1.82) is 0 Å². The van der Waals surface area contributed by atoms with E-state index in [0.29, 0.717) is 25.2 Å². The second-order valence-electron chi connectivity index (χ2n) is 10.1. The summed E-state index contributed by atoms with van der Waals surface area (Å²) in [5, 5.41) is 0. The molecule has 4 saturated carbocycles. The van der Waals surface area contributed by atoms with Crippen LogP contribution in [0.2, 0.25) is 0 Å². The predicted molar refractivity (Wildman–Crippen MR) is 99.5 cm³/mol. The van der Waals surface area contributed by atoms with Gasteiger partial charge in [0.15, 0.2) is 0 Å². The molecular weight excluding hydrogens is 384 g/mol. The lowest BCUT2D eigenvalue weighted by atomic mass is 9.48. The third-order valence-corrected chi connectivity index (χ3v) is 7.22. The highest BCUT2D eigenvalue weighted by atomic mass is 19.3. The average Bonchev–Trinajstić information content (AvgIpc) is 2.59. The fourth-order valence-electron chi connectivity index (χ4n) is 6.44. The minimum absolute atomic E-state index is 0.0304. The first-order valence-corrected chi connectivity index (χ1v) is 10.7. The van der Waals surface area contributed by atoms with Gasteiger partial charge < -0.3 is 19.1 Å². The Hall–Kier alpha value is -1.44. The first-order chi connectivity index (χ1) is 13.6. The Balaban J connectivity index is 1.39. The number of carbonyl (C=O) groups excluding carboxylic acids is 2. The van der Waals surface area contributed by atoms with Crippen LogP contribution in [0.5, 0.6) is 0 Å². The molecule has 0 amide bonds. The number of piperidine rings is 1. The topological polar surface area (TPSA) is 65.1 Å². The van der Waals surface area contributed by atoms with Gasteiger partial charge in [-0.1, -0.05) is 0 Å². The van der Waals surface area contributed by atoms with E-state index in [-0.39, 0.29) is 18.1 Å². The van der Waals surface area contributed by atoms with E-state index >= 15 is 0 Å². The number of alkyl halides is 2. The Morgan fingerprint density at radius 1 is 1.10 bits per heavy atom. The third kappa shape index (κ3) is 4.52. The standard InChI is InChI=1S/C21H31F2NO5/c1-19(22,23)17(25)27-13-20-8-14-7-15(9-20)11-21(10-14,12-20)29-18(26)28-16-3-5-24(2)6-4-16/h14-16H,3-13H2,1-2H3. The van der Waals surface area contributed by atoms with Crippen LogP contribution in [0.1, 0.15) is 58.3 Å². The van der Waals surface area contributed by atoms with E-state index in [1.807, 2.05) is 7.05 Å². The minimum Gasteiger partial charge on any atom is -0.461 e. The van der Waals surface area contributed by atoms with Crippen molar-refractivity contribution in [1.82, 2.24) is 4.90 Å². The third-order valence-electron chi connectivity index (χ3n) is 7.22. The fourth-order valence-corrected chi connectivity index (χ4v) is 6.44. The van der Waals surface area contributed by atoms with Crippen molar-refractivity contribution in [2.24, 2.45) is 17.3 Å². The van der Waals surface area contributed by atoms with Crippen molar-refractivity contribution in [3.05, 3.63) is 0 Å². The molecular formula is C21H31F2NO5. The van der Waals surface area contributed by atoms with Crippen LogP contribution >= 0.6 is 0 Å². The molecule has 5 aliphatic rings. The van der Waals surface area contributed by atoms with Crippen LogP contribution in [-0.2, 0) is 19.0 Å². The second kappa shape index (κ2) is 7.36. The summed E-state index contributed by atoms with van der Waals surface area (Å²) in [6.45, 7) is 2.31. The van der Waals surface area contributed by atoms with Crippen molar-refractivity contribution in [3.63, 3.8) is 0 Å². The Labute approximate surface area is 170 Å². The average molecular weight is 415 g/mol. The quantitative estimate of drug-likeness (QED) is 0.637. The number of ether oxygens (including phenoxy) is 3. The zero-order chi connectivity index (χ0) is 20.9. The summed E-state index contributed by atoms with van der Waals surface area (Å²) >= 11 is 0. The fraction of sp³-hybridized carbons (Fsp3) is 0.905. The molecule has 1 aliphatic heterocycles. The lowest BCUT2D eigenvalue weighted by Crippen LogP contribution is -2.59. The van der Waals surface area contributed by atoms with Crippen LogP contribution in [0.25, 0.3) is 0 Å². The van der Waals surface area contributed by atoms with Gasteiger partial charge >= 0.3 is 18.0 Å². The molecule has 5 fully saturated rings. The van der Waals surface area contributed by atoms with Gasteiger partial charge in [0.2, 0.25) is 0 Å². The zero-order valence-electron chi connectivity index (χ0n) is 17.3. The summed E-state index contributed by atoms with van der Waals surface area (Å²) in [6.07, 6.45) is 5.72. The molecule has 0 aromatic rings. The van der Waals surface area contributed by atoms with Crippen molar-refractivity contribution >= 4 is 12.1 Å². The van der Waals surface area contributed by atoms with Crippen molar-refractivity contribution in [2.45, 2.75) is 75.9 Å². The summed E-state index contributed by atoms with van der Waals surface area (Å²) < 4.78 is 42.9. The molecule has 0 N–H and O–H groups in total. The molecule has 0 radical (unpaired) electrons. The Kier molecular flexibility index (Phi) is 5.28. The van der Waals surface area contributed by atoms with Gasteiger partial charge in [-0.05, 0) is 70.3 Å². The molecule has 0 aromatic carbocycles. The van der Waals surface area contributed by atoms with Gasteiger partial charge in [-0.3, -0.25) is 0 Å². The second-order valence-corrected chi connectivity index (χ2v) is 10.1. The van der Waals surface area contributed by atoms with Crippen LogP contribution in [0.3, 0.4) is 0 Å². The van der Waals surface area contributed by atoms with Gasteiger partial charge in [-0.15, -0.1) is 0 Å². The lowest BCUT2D eigenvalue weighted by molar-refractivity contribution is -0.202. The maximum absolute atomic E-state index is 13.2. The number of nitrogens with zero attached hydrogens (tertiary/aromatic N) is 1. The van der Waals surface area contributed by atoms with E-state index in [0.717, 1.165) is 58.0 Å². The molecule has 4 bridgehead atoms. The monoisotopic (exact) mass is 415 g/mol. The van der Waals surface area contributed by atoms with Crippen LogP contribution in [0.15, 0.2) is 0 Å². The van der Waals surface area contributed by atoms with Gasteiger partial charge in [-0.2, -0.15) is 8.78 Å². The van der Waals surface area contributed by atoms with E-state index in [9.17, 15) is 18.4 Å². The zero-order valence-corrected chi connectivity index (χ0v) is 17.3. The smallest absolute Gasteiger partial charge is 0.461 e. The molecule has 6 nitrogen and oxygen atoms in total. The molecule has 2 unspecified atom stereocenters. The van der Waals surface area contributed by atoms with Gasteiger partial charge in [0.25, 0.3) is 0 Å². The number of halogens is 2. The number of esters is 1. The van der Waals surface area contributed by atoms with Crippen molar-refractivity contribution in [3.8, 4) is 0 Å². The summed E-state index contributed by atoms with van der Waals surface area (Å²) in [5.41, 5.74) is -0.993. The lowest BCUT2D eigenvalue weighted by Gasteiger charge is -2.60. The van der Waals surface area contributed by atoms with Gasteiger partial charge in [0.1, 0.15) is 11.7 Å². The van der Waals surface area contributed by atoms with E-state index in [1.54, 1.807) is 0 Å². The maximum atomic E-state index is 13.2. The summed E-state index contributed by atoms with van der Waals surface area (Å²) in [5.74, 6) is -4.24. The molecule has 5 rings (SSSR count). The summed E-state index contributed by atoms with van der Waals surface area (Å²) in [4.78, 5) is 26.3. The highest BCUT2D eigenvalue weighted by Gasteiger charge is 2.60. The minimum atomic E-state index is -3.49. The molecule has 0 aromatic heterocycles. The normalized spacial score (nSPS) is 37.4. The van der Waals surface area contributed by atoms with Crippen molar-refractivity contribution in [2.75, 3.05) is 26.7 Å². The Bertz CT molecular complexity index is 642. The molecule has 1 heterocycles. The summed E-state index contributed by atoms with van der Waals surface area (Å²) in [7, 11) is 2.05. The molecule has 2 atom stereocenters. The number of likely N-dealkylation sites (tertiary alicyclic amines) is 1. The number of rotatable bonds is 5. The van der Waals surface area contributed by atoms with Gasteiger partial charge in [0.05, 0.1) is 6.61 Å². The van der Waals surface area contributed by atoms with Crippen LogP contribution in [-0.4, -0.2) is 61.4 Å². The molecule has 29 heavy (non-hydrogen) atoms. The van der Waals surface area contributed by atoms with Gasteiger partial charge in [-0.25, -0.2) is 9.59 Å². The number of hydrogen-bond acceptors (Lipinski definition) is 6. The Morgan fingerprint density at radius 2 is 1.72 bits per heavy atom. The maximum Gasteiger partial charge on any atom is 0.509 e. The predicted octanol–water partition coefficient (Wildman–Crippen LogP) is 3.77. The van der Waals surface area contributed by atoms with Gasteiger partial charge in [0, 0.05) is 25.4 Å². The molecule has 8 heteroatoms. The van der Waals surface area contributed by atoms with Crippen molar-refractivity contribution < 1.29 is 32.6 Å². The van der Waals surface area contributed by atoms with Crippen LogP contribution in [0, 0.1) is 17.3 Å². The molecule has 0 spiro atoms. The van der Waals surface area contributed by atoms with E-state index in [2.05, 4.69) is 4.90 Å². The largest absolute Gasteiger partial charge is 0.509 e. The van der Waals surface area contributed by atoms with E-state index in [1.165, 1.54) is 0 Å². The summed E-state index contributed by atoms with van der Waals surface area (Å²) in [6, 6.07) is 0. The first kappa shape index (κ1) is 20.8. The number of hydrogen-bond donors (Lipinski definition) is 0. The molecule has 164 valence electrons. The SMILES string of the molecule is CN1CCC(OC(=O)OC23CC4CC(CC(COC(=O)C(C)(F)F)(C4)C2)C3)CC1. The number of carbonyl (C=O) groups is 2.